The maximum Gasteiger partial charge on any atom is 0.331 e. The van der Waals surface area contributed by atoms with Crippen molar-refractivity contribution < 1.29 is 9.53 Å². The van der Waals surface area contributed by atoms with Crippen molar-refractivity contribution in [2.45, 2.75) is 13.0 Å². The van der Waals surface area contributed by atoms with Crippen LogP contribution in [0.25, 0.3) is 0 Å². The molecule has 0 aromatic heterocycles. The molecule has 1 unspecified atom stereocenters. The van der Waals surface area contributed by atoms with Crippen LogP contribution in [0.4, 0.5) is 0 Å². The molecule has 0 bridgehead atoms. The molecule has 0 saturated carbocycles. The SMILES string of the molecule is Cc1cccc(C2C=CC(=O)O2)c1. The Morgan fingerprint density at radius 2 is 2.23 bits per heavy atom. The summed E-state index contributed by atoms with van der Waals surface area (Å²) in [4.78, 5) is 10.8. The Hall–Kier alpha value is -1.57. The second kappa shape index (κ2) is 3.05. The van der Waals surface area contributed by atoms with Crippen molar-refractivity contribution in [1.82, 2.24) is 0 Å². The van der Waals surface area contributed by atoms with Crippen LogP contribution in [-0.2, 0) is 9.53 Å². The van der Waals surface area contributed by atoms with Gasteiger partial charge in [-0.2, -0.15) is 0 Å². The highest BCUT2D eigenvalue weighted by atomic mass is 16.5. The predicted octanol–water partition coefficient (Wildman–Crippen LogP) is 2.15. The summed E-state index contributed by atoms with van der Waals surface area (Å²) >= 11 is 0. The zero-order valence-electron chi connectivity index (χ0n) is 7.36. The number of carbonyl (C=O) groups is 1. The van der Waals surface area contributed by atoms with Crippen molar-refractivity contribution in [3.63, 3.8) is 0 Å². The van der Waals surface area contributed by atoms with Crippen LogP contribution in [0.15, 0.2) is 36.4 Å². The van der Waals surface area contributed by atoms with Crippen molar-refractivity contribution in [3.8, 4) is 0 Å². The van der Waals surface area contributed by atoms with Gasteiger partial charge in [0.1, 0.15) is 6.10 Å². The number of hydrogen-bond acceptors (Lipinski definition) is 2. The number of esters is 1. The molecule has 13 heavy (non-hydrogen) atoms. The van der Waals surface area contributed by atoms with Gasteiger partial charge in [-0.1, -0.05) is 29.8 Å². The van der Waals surface area contributed by atoms with Crippen molar-refractivity contribution >= 4 is 5.97 Å². The van der Waals surface area contributed by atoms with Crippen molar-refractivity contribution in [1.29, 1.82) is 0 Å². The number of rotatable bonds is 1. The van der Waals surface area contributed by atoms with Gasteiger partial charge in [0, 0.05) is 6.08 Å². The summed E-state index contributed by atoms with van der Waals surface area (Å²) in [5.74, 6) is -0.258. The predicted molar refractivity (Wildman–Crippen MR) is 49.2 cm³/mol. The van der Waals surface area contributed by atoms with E-state index in [1.165, 1.54) is 11.6 Å². The average molecular weight is 174 g/mol. The highest BCUT2D eigenvalue weighted by molar-refractivity contribution is 5.84. The number of hydrogen-bond donors (Lipinski definition) is 0. The lowest BCUT2D eigenvalue weighted by atomic mass is 10.1. The molecule has 0 fully saturated rings. The molecule has 0 N–H and O–H groups in total. The maximum absolute atomic E-state index is 10.8. The molecule has 0 radical (unpaired) electrons. The average Bonchev–Trinajstić information content (AvgIpc) is 2.52. The van der Waals surface area contributed by atoms with Gasteiger partial charge in [-0.05, 0) is 18.6 Å². The van der Waals surface area contributed by atoms with Crippen molar-refractivity contribution in [2.75, 3.05) is 0 Å². The van der Waals surface area contributed by atoms with Gasteiger partial charge in [-0.15, -0.1) is 0 Å². The van der Waals surface area contributed by atoms with E-state index >= 15 is 0 Å². The Labute approximate surface area is 76.8 Å². The van der Waals surface area contributed by atoms with Gasteiger partial charge in [-0.3, -0.25) is 0 Å². The van der Waals surface area contributed by atoms with E-state index in [-0.39, 0.29) is 12.1 Å². The minimum Gasteiger partial charge on any atom is -0.450 e. The third kappa shape index (κ3) is 1.61. The summed E-state index contributed by atoms with van der Waals surface area (Å²) in [6.07, 6.45) is 3.05. The third-order valence-corrected chi connectivity index (χ3v) is 2.02. The van der Waals surface area contributed by atoms with Crippen LogP contribution in [0, 0.1) is 6.92 Å². The molecule has 1 atom stereocenters. The summed E-state index contributed by atoms with van der Waals surface area (Å²) < 4.78 is 5.05. The Morgan fingerprint density at radius 3 is 2.85 bits per heavy atom. The van der Waals surface area contributed by atoms with E-state index in [4.69, 9.17) is 4.74 Å². The lowest BCUT2D eigenvalue weighted by molar-refractivity contribution is -0.138. The molecule has 0 amide bonds. The van der Waals surface area contributed by atoms with Gasteiger partial charge < -0.3 is 4.74 Å². The minimum absolute atomic E-state index is 0.188. The maximum atomic E-state index is 10.8. The van der Waals surface area contributed by atoms with Gasteiger partial charge in [0.2, 0.25) is 0 Å². The van der Waals surface area contributed by atoms with Crippen LogP contribution in [0.1, 0.15) is 17.2 Å². The van der Waals surface area contributed by atoms with E-state index < -0.39 is 0 Å². The Kier molecular flexibility index (Phi) is 1.89. The van der Waals surface area contributed by atoms with Crippen molar-refractivity contribution in [2.24, 2.45) is 0 Å². The molecule has 1 heterocycles. The van der Waals surface area contributed by atoms with Gasteiger partial charge >= 0.3 is 5.97 Å². The molecule has 0 spiro atoms. The molecular weight excluding hydrogens is 164 g/mol. The summed E-state index contributed by atoms with van der Waals surface area (Å²) in [5, 5.41) is 0. The largest absolute Gasteiger partial charge is 0.450 e. The van der Waals surface area contributed by atoms with Gasteiger partial charge in [0.05, 0.1) is 0 Å². The summed E-state index contributed by atoms with van der Waals surface area (Å²) in [7, 11) is 0. The van der Waals surface area contributed by atoms with Crippen LogP contribution in [0.2, 0.25) is 0 Å². The number of cyclic esters (lactones) is 1. The van der Waals surface area contributed by atoms with Crippen LogP contribution < -0.4 is 0 Å². The van der Waals surface area contributed by atoms with E-state index in [2.05, 4.69) is 0 Å². The topological polar surface area (TPSA) is 26.3 Å². The first-order valence-electron chi connectivity index (χ1n) is 4.21. The highest BCUT2D eigenvalue weighted by Crippen LogP contribution is 2.23. The first-order valence-corrected chi connectivity index (χ1v) is 4.21. The molecule has 0 aliphatic carbocycles. The first-order chi connectivity index (χ1) is 6.25. The molecule has 0 saturated heterocycles. The standard InChI is InChI=1S/C11H10O2/c1-8-3-2-4-9(7-8)10-5-6-11(12)13-10/h2-7,10H,1H3. The van der Waals surface area contributed by atoms with E-state index in [9.17, 15) is 4.79 Å². The van der Waals surface area contributed by atoms with Crippen LogP contribution in [0.3, 0.4) is 0 Å². The van der Waals surface area contributed by atoms with Gasteiger partial charge in [0.25, 0.3) is 0 Å². The minimum atomic E-state index is -0.258. The second-order valence-electron chi connectivity index (χ2n) is 3.13. The molecule has 66 valence electrons. The summed E-state index contributed by atoms with van der Waals surface area (Å²) in [6.45, 7) is 2.02. The molecule has 2 heteroatoms. The van der Waals surface area contributed by atoms with Crippen molar-refractivity contribution in [3.05, 3.63) is 47.5 Å². The highest BCUT2D eigenvalue weighted by Gasteiger charge is 2.17. The zero-order valence-corrected chi connectivity index (χ0v) is 7.36. The molecule has 1 aliphatic heterocycles. The molecule has 1 aromatic rings. The Bertz CT molecular complexity index is 366. The number of carbonyl (C=O) groups excluding carboxylic acids is 1. The summed E-state index contributed by atoms with van der Waals surface area (Å²) in [6, 6.07) is 7.96. The van der Waals surface area contributed by atoms with Gasteiger partial charge in [0.15, 0.2) is 0 Å². The van der Waals surface area contributed by atoms with Crippen LogP contribution in [-0.4, -0.2) is 5.97 Å². The monoisotopic (exact) mass is 174 g/mol. The third-order valence-electron chi connectivity index (χ3n) is 2.02. The lowest BCUT2D eigenvalue weighted by Gasteiger charge is -2.08. The molecule has 2 rings (SSSR count). The quantitative estimate of drug-likeness (QED) is 0.610. The molecule has 1 aliphatic rings. The molecular formula is C11H10O2. The smallest absolute Gasteiger partial charge is 0.331 e. The van der Waals surface area contributed by atoms with Crippen LogP contribution in [0.5, 0.6) is 0 Å². The fourth-order valence-electron chi connectivity index (χ4n) is 1.40. The van der Waals surface area contributed by atoms with E-state index in [1.807, 2.05) is 31.2 Å². The van der Waals surface area contributed by atoms with E-state index in [0.29, 0.717) is 0 Å². The first kappa shape index (κ1) is 8.05. The Morgan fingerprint density at radius 1 is 1.38 bits per heavy atom. The molecule has 1 aromatic carbocycles. The Balaban J connectivity index is 2.27. The van der Waals surface area contributed by atoms with Gasteiger partial charge in [-0.25, -0.2) is 4.79 Å². The van der Waals surface area contributed by atoms with Crippen LogP contribution >= 0.6 is 0 Å². The van der Waals surface area contributed by atoms with E-state index in [1.54, 1.807) is 6.08 Å². The second-order valence-corrected chi connectivity index (χ2v) is 3.13. The number of benzene rings is 1. The normalized spacial score (nSPS) is 20.4. The lowest BCUT2D eigenvalue weighted by Crippen LogP contribution is -1.99. The number of aryl methyl sites for hydroxylation is 1. The fraction of sp³-hybridized carbons (Fsp3) is 0.182. The fourth-order valence-corrected chi connectivity index (χ4v) is 1.40. The number of ether oxygens (including phenoxy) is 1. The zero-order chi connectivity index (χ0) is 9.26. The van der Waals surface area contributed by atoms with E-state index in [0.717, 1.165) is 5.56 Å². The summed E-state index contributed by atoms with van der Waals surface area (Å²) in [5.41, 5.74) is 2.20. The molecule has 2 nitrogen and oxygen atoms in total.